The Kier molecular flexibility index (Phi) is 5.36. The summed E-state index contributed by atoms with van der Waals surface area (Å²) in [5.41, 5.74) is -0.325. The Morgan fingerprint density at radius 1 is 1.15 bits per heavy atom. The summed E-state index contributed by atoms with van der Waals surface area (Å²) >= 11 is 0. The molecule has 4 nitrogen and oxygen atoms in total. The molecule has 26 heavy (non-hydrogen) atoms. The van der Waals surface area contributed by atoms with Gasteiger partial charge in [0.25, 0.3) is 0 Å². The number of rotatable bonds is 5. The third-order valence-electron chi connectivity index (χ3n) is 4.78. The van der Waals surface area contributed by atoms with Crippen molar-refractivity contribution in [2.75, 3.05) is 0 Å². The van der Waals surface area contributed by atoms with Crippen LogP contribution in [0.4, 0.5) is 13.2 Å². The van der Waals surface area contributed by atoms with Crippen molar-refractivity contribution in [1.82, 2.24) is 5.32 Å². The first kappa shape index (κ1) is 18.5. The third kappa shape index (κ3) is 4.46. The lowest BCUT2D eigenvalue weighted by atomic mass is 9.86. The Morgan fingerprint density at radius 2 is 1.88 bits per heavy atom. The fourth-order valence-corrected chi connectivity index (χ4v) is 3.27. The highest BCUT2D eigenvalue weighted by Gasteiger charge is 2.30. The van der Waals surface area contributed by atoms with Gasteiger partial charge in [-0.1, -0.05) is 12.1 Å². The standard InChI is InChI=1S/C19H20F3NO3/c20-19(21,22)14-3-1-2-13(10-14)17-9-8-16(26-17)11-23-15-6-4-12(5-7-15)18(24)25/h1-3,8-10,12,15,23H,4-7,11H2,(H,24,25). The molecule has 2 N–H and O–H groups in total. The smallest absolute Gasteiger partial charge is 0.416 e. The molecule has 0 spiro atoms. The summed E-state index contributed by atoms with van der Waals surface area (Å²) in [6.45, 7) is 0.460. The first-order chi connectivity index (χ1) is 12.3. The van der Waals surface area contributed by atoms with E-state index in [0.29, 0.717) is 36.5 Å². The lowest BCUT2D eigenvalue weighted by Crippen LogP contribution is -2.34. The Labute approximate surface area is 149 Å². The van der Waals surface area contributed by atoms with Crippen molar-refractivity contribution >= 4 is 5.97 Å². The van der Waals surface area contributed by atoms with Crippen LogP contribution in [0.1, 0.15) is 37.0 Å². The minimum atomic E-state index is -4.39. The van der Waals surface area contributed by atoms with E-state index in [-0.39, 0.29) is 12.0 Å². The summed E-state index contributed by atoms with van der Waals surface area (Å²) in [6.07, 6.45) is -1.50. The summed E-state index contributed by atoms with van der Waals surface area (Å²) in [4.78, 5) is 11.0. The summed E-state index contributed by atoms with van der Waals surface area (Å²) in [5, 5.41) is 12.3. The Hall–Kier alpha value is -2.28. The number of hydrogen-bond acceptors (Lipinski definition) is 3. The summed E-state index contributed by atoms with van der Waals surface area (Å²) in [6, 6.07) is 8.68. The zero-order valence-corrected chi connectivity index (χ0v) is 14.1. The maximum absolute atomic E-state index is 12.8. The number of halogens is 3. The average Bonchev–Trinajstić information content (AvgIpc) is 3.09. The normalized spacial score (nSPS) is 20.9. The van der Waals surface area contributed by atoms with Crippen molar-refractivity contribution in [1.29, 1.82) is 0 Å². The van der Waals surface area contributed by atoms with Crippen molar-refractivity contribution in [3.8, 4) is 11.3 Å². The van der Waals surface area contributed by atoms with Crippen LogP contribution in [0.2, 0.25) is 0 Å². The van der Waals surface area contributed by atoms with E-state index in [1.165, 1.54) is 6.07 Å². The molecular weight excluding hydrogens is 347 g/mol. The van der Waals surface area contributed by atoms with Gasteiger partial charge < -0.3 is 14.8 Å². The van der Waals surface area contributed by atoms with Gasteiger partial charge in [-0.25, -0.2) is 0 Å². The second-order valence-electron chi connectivity index (χ2n) is 6.61. The molecule has 1 fully saturated rings. The Balaban J connectivity index is 1.58. The lowest BCUT2D eigenvalue weighted by Gasteiger charge is -2.26. The molecule has 0 radical (unpaired) electrons. The van der Waals surface area contributed by atoms with Gasteiger partial charge in [0.15, 0.2) is 0 Å². The highest BCUT2D eigenvalue weighted by atomic mass is 19.4. The van der Waals surface area contributed by atoms with Crippen LogP contribution in [0.3, 0.4) is 0 Å². The largest absolute Gasteiger partial charge is 0.481 e. The molecule has 0 unspecified atom stereocenters. The number of benzene rings is 1. The fourth-order valence-electron chi connectivity index (χ4n) is 3.27. The molecule has 1 aromatic heterocycles. The minimum absolute atomic E-state index is 0.229. The Morgan fingerprint density at radius 3 is 2.54 bits per heavy atom. The summed E-state index contributed by atoms with van der Waals surface area (Å²) in [7, 11) is 0. The van der Waals surface area contributed by atoms with Gasteiger partial charge in [-0.15, -0.1) is 0 Å². The highest BCUT2D eigenvalue weighted by Crippen LogP contribution is 2.32. The van der Waals surface area contributed by atoms with Gasteiger partial charge in [-0.3, -0.25) is 4.79 Å². The molecule has 0 saturated heterocycles. The van der Waals surface area contributed by atoms with Gasteiger partial charge in [-0.2, -0.15) is 13.2 Å². The minimum Gasteiger partial charge on any atom is -0.481 e. The van der Waals surface area contributed by atoms with Crippen LogP contribution in [0, 0.1) is 5.92 Å². The maximum atomic E-state index is 12.8. The Bertz CT molecular complexity index is 761. The van der Waals surface area contributed by atoms with E-state index in [0.717, 1.165) is 25.0 Å². The predicted octanol–water partition coefficient (Wildman–Crippen LogP) is 4.70. The highest BCUT2D eigenvalue weighted by molar-refractivity contribution is 5.70. The van der Waals surface area contributed by atoms with E-state index in [9.17, 15) is 18.0 Å². The summed E-state index contributed by atoms with van der Waals surface area (Å²) in [5.74, 6) is 0.0321. The van der Waals surface area contributed by atoms with E-state index < -0.39 is 17.7 Å². The monoisotopic (exact) mass is 367 g/mol. The average molecular weight is 367 g/mol. The van der Waals surface area contributed by atoms with Crippen LogP contribution in [0.25, 0.3) is 11.3 Å². The molecular formula is C19H20F3NO3. The van der Waals surface area contributed by atoms with Crippen LogP contribution >= 0.6 is 0 Å². The predicted molar refractivity (Wildman–Crippen MR) is 89.4 cm³/mol. The molecule has 1 aromatic carbocycles. The molecule has 0 bridgehead atoms. The van der Waals surface area contributed by atoms with Gasteiger partial charge in [0.05, 0.1) is 18.0 Å². The van der Waals surface area contributed by atoms with Gasteiger partial charge in [0.2, 0.25) is 0 Å². The first-order valence-corrected chi connectivity index (χ1v) is 8.55. The molecule has 7 heteroatoms. The van der Waals surface area contributed by atoms with Crippen LogP contribution in [0.5, 0.6) is 0 Å². The molecule has 0 aliphatic heterocycles. The lowest BCUT2D eigenvalue weighted by molar-refractivity contribution is -0.143. The topological polar surface area (TPSA) is 62.5 Å². The van der Waals surface area contributed by atoms with Crippen LogP contribution in [-0.4, -0.2) is 17.1 Å². The van der Waals surface area contributed by atoms with E-state index in [4.69, 9.17) is 9.52 Å². The molecule has 140 valence electrons. The van der Waals surface area contributed by atoms with Crippen LogP contribution < -0.4 is 5.32 Å². The van der Waals surface area contributed by atoms with Gasteiger partial charge >= 0.3 is 12.1 Å². The molecule has 0 amide bonds. The van der Waals surface area contributed by atoms with Gasteiger partial charge in [-0.05, 0) is 49.9 Å². The number of alkyl halides is 3. The quantitative estimate of drug-likeness (QED) is 0.804. The van der Waals surface area contributed by atoms with E-state index >= 15 is 0 Å². The van der Waals surface area contributed by atoms with Crippen molar-refractivity contribution in [3.63, 3.8) is 0 Å². The number of furan rings is 1. The number of carboxylic acid groups (broad SMARTS) is 1. The fraction of sp³-hybridized carbons (Fsp3) is 0.421. The molecule has 0 atom stereocenters. The number of aliphatic carboxylic acids is 1. The number of carbonyl (C=O) groups is 1. The van der Waals surface area contributed by atoms with Crippen molar-refractivity contribution in [3.05, 3.63) is 47.7 Å². The molecule has 1 aliphatic carbocycles. The summed E-state index contributed by atoms with van der Waals surface area (Å²) < 4.78 is 44.1. The van der Waals surface area contributed by atoms with Crippen LogP contribution in [0.15, 0.2) is 40.8 Å². The van der Waals surface area contributed by atoms with E-state index in [1.54, 1.807) is 18.2 Å². The van der Waals surface area contributed by atoms with Crippen molar-refractivity contribution < 1.29 is 27.5 Å². The molecule has 3 rings (SSSR count). The second-order valence-corrected chi connectivity index (χ2v) is 6.61. The van der Waals surface area contributed by atoms with Gasteiger partial charge in [0, 0.05) is 11.6 Å². The number of nitrogens with one attached hydrogen (secondary N) is 1. The molecule has 1 aliphatic rings. The second kappa shape index (κ2) is 7.53. The molecule has 1 saturated carbocycles. The van der Waals surface area contributed by atoms with Crippen molar-refractivity contribution in [2.24, 2.45) is 5.92 Å². The first-order valence-electron chi connectivity index (χ1n) is 8.55. The van der Waals surface area contributed by atoms with E-state index in [2.05, 4.69) is 5.32 Å². The van der Waals surface area contributed by atoms with Gasteiger partial charge in [0.1, 0.15) is 11.5 Å². The number of carboxylic acids is 1. The molecule has 2 aromatic rings. The van der Waals surface area contributed by atoms with Crippen LogP contribution in [-0.2, 0) is 17.5 Å². The zero-order chi connectivity index (χ0) is 18.7. The third-order valence-corrected chi connectivity index (χ3v) is 4.78. The SMILES string of the molecule is O=C(O)C1CCC(NCc2ccc(-c3cccc(C(F)(F)F)c3)o2)CC1. The van der Waals surface area contributed by atoms with Crippen molar-refractivity contribution in [2.45, 2.75) is 44.4 Å². The number of hydrogen-bond donors (Lipinski definition) is 2. The van der Waals surface area contributed by atoms with E-state index in [1.807, 2.05) is 0 Å². The molecule has 1 heterocycles. The maximum Gasteiger partial charge on any atom is 0.416 e. The zero-order valence-electron chi connectivity index (χ0n) is 14.1.